The summed E-state index contributed by atoms with van der Waals surface area (Å²) in [6.07, 6.45) is 0.150. The number of carbonyl (C=O) groups excluding carboxylic acids is 5. The van der Waals surface area contributed by atoms with Crippen molar-refractivity contribution in [2.75, 3.05) is 11.5 Å². The van der Waals surface area contributed by atoms with Crippen molar-refractivity contribution in [1.29, 1.82) is 0 Å². The average molecular weight is 416 g/mol. The monoisotopic (exact) mass is 416 g/mol. The van der Waals surface area contributed by atoms with Crippen molar-refractivity contribution in [2.45, 2.75) is 0 Å². The predicted octanol–water partition coefficient (Wildman–Crippen LogP) is 2.15. The molecule has 28 heavy (non-hydrogen) atoms. The van der Waals surface area contributed by atoms with Crippen molar-refractivity contribution < 1.29 is 24.0 Å². The minimum atomic E-state index is -0.753. The molecule has 0 heterocycles. The van der Waals surface area contributed by atoms with Gasteiger partial charge >= 0.3 is 0 Å². The van der Waals surface area contributed by atoms with Crippen LogP contribution in [0.25, 0.3) is 0 Å². The second kappa shape index (κ2) is 11.1. The summed E-state index contributed by atoms with van der Waals surface area (Å²) in [6, 6.07) is 16.8. The molecule has 0 radical (unpaired) electrons. The second-order valence-corrected chi connectivity index (χ2v) is 7.18. The van der Waals surface area contributed by atoms with Crippen molar-refractivity contribution in [2.24, 2.45) is 0 Å². The Bertz CT molecular complexity index is 859. The zero-order valence-electron chi connectivity index (χ0n) is 14.6. The molecule has 0 aliphatic heterocycles. The van der Waals surface area contributed by atoms with Gasteiger partial charge in [0, 0.05) is 11.1 Å². The van der Waals surface area contributed by atoms with Gasteiger partial charge < -0.3 is 0 Å². The number of nitrogens with one attached hydrogen (secondary N) is 1. The van der Waals surface area contributed by atoms with E-state index in [0.717, 1.165) is 23.5 Å². The molecule has 144 valence electrons. The number of nitrogens with zero attached hydrogens (tertiary/aromatic N) is 1. The standard InChI is InChI=1S/C19H16N2O5S2/c22-13-21(17(24)12-28-19(26)15-9-5-2-6-10-15)20-16(23)11-27-18(25)14-7-3-1-4-8-14/h1-10,13H,11-12H2,(H,20,23). The van der Waals surface area contributed by atoms with Crippen molar-refractivity contribution in [1.82, 2.24) is 10.4 Å². The highest BCUT2D eigenvalue weighted by atomic mass is 32.2. The van der Waals surface area contributed by atoms with Gasteiger partial charge in [-0.2, -0.15) is 5.01 Å². The van der Waals surface area contributed by atoms with Crippen LogP contribution in [0, 0.1) is 0 Å². The maximum Gasteiger partial charge on any atom is 0.258 e. The first-order chi connectivity index (χ1) is 13.5. The molecule has 3 amide bonds. The number of thioether (sulfide) groups is 2. The van der Waals surface area contributed by atoms with E-state index in [0.29, 0.717) is 16.1 Å². The number of hydrogen-bond acceptors (Lipinski definition) is 7. The summed E-state index contributed by atoms with van der Waals surface area (Å²) < 4.78 is 0. The molecule has 0 saturated carbocycles. The first-order valence-corrected chi connectivity index (χ1v) is 9.99. The summed E-state index contributed by atoms with van der Waals surface area (Å²) in [5.74, 6) is -2.02. The number of imide groups is 1. The van der Waals surface area contributed by atoms with E-state index in [1.54, 1.807) is 60.7 Å². The fourth-order valence-corrected chi connectivity index (χ4v) is 3.28. The van der Waals surface area contributed by atoms with E-state index in [1.165, 1.54) is 0 Å². The van der Waals surface area contributed by atoms with Gasteiger partial charge in [0.1, 0.15) is 0 Å². The van der Waals surface area contributed by atoms with Crippen LogP contribution in [0.3, 0.4) is 0 Å². The van der Waals surface area contributed by atoms with Crippen LogP contribution in [0.2, 0.25) is 0 Å². The molecule has 2 rings (SSSR count). The lowest BCUT2D eigenvalue weighted by Gasteiger charge is -2.15. The lowest BCUT2D eigenvalue weighted by Crippen LogP contribution is -2.47. The fourth-order valence-electron chi connectivity index (χ4n) is 1.96. The Hall–Kier alpha value is -2.91. The summed E-state index contributed by atoms with van der Waals surface area (Å²) in [5, 5.41) is -0.153. The molecule has 0 atom stereocenters. The molecule has 0 unspecified atom stereocenters. The maximum atomic E-state index is 12.0. The molecular formula is C19H16N2O5S2. The van der Waals surface area contributed by atoms with Crippen molar-refractivity contribution in [3.8, 4) is 0 Å². The van der Waals surface area contributed by atoms with Crippen LogP contribution in [-0.4, -0.2) is 45.0 Å². The lowest BCUT2D eigenvalue weighted by atomic mass is 10.2. The van der Waals surface area contributed by atoms with Gasteiger partial charge in [-0.3, -0.25) is 29.4 Å². The number of benzene rings is 2. The Morgan fingerprint density at radius 2 is 1.25 bits per heavy atom. The van der Waals surface area contributed by atoms with Gasteiger partial charge in [-0.05, 0) is 0 Å². The second-order valence-electron chi connectivity index (χ2n) is 5.29. The molecule has 0 aromatic heterocycles. The van der Waals surface area contributed by atoms with Gasteiger partial charge in [-0.1, -0.05) is 84.2 Å². The number of hydrogen-bond donors (Lipinski definition) is 1. The molecule has 0 saturated heterocycles. The third-order valence-corrected chi connectivity index (χ3v) is 5.09. The van der Waals surface area contributed by atoms with Gasteiger partial charge in [-0.25, -0.2) is 0 Å². The van der Waals surface area contributed by atoms with Crippen molar-refractivity contribution in [3.05, 3.63) is 71.8 Å². The third kappa shape index (κ3) is 6.67. The highest BCUT2D eigenvalue weighted by Gasteiger charge is 2.19. The number of hydrazine groups is 1. The highest BCUT2D eigenvalue weighted by molar-refractivity contribution is 8.14. The Balaban J connectivity index is 1.79. The summed E-state index contributed by atoms with van der Waals surface area (Å²) in [5.41, 5.74) is 2.99. The normalized spacial score (nSPS) is 10.0. The molecule has 0 aliphatic rings. The highest BCUT2D eigenvalue weighted by Crippen LogP contribution is 2.13. The van der Waals surface area contributed by atoms with Gasteiger partial charge in [0.2, 0.25) is 22.5 Å². The summed E-state index contributed by atoms with van der Waals surface area (Å²) >= 11 is 1.48. The van der Waals surface area contributed by atoms with Gasteiger partial charge in [0.25, 0.3) is 5.91 Å². The Morgan fingerprint density at radius 3 is 1.71 bits per heavy atom. The van der Waals surface area contributed by atoms with E-state index in [1.807, 2.05) is 0 Å². The summed E-state index contributed by atoms with van der Waals surface area (Å²) in [4.78, 5) is 58.9. The molecule has 0 spiro atoms. The quantitative estimate of drug-likeness (QED) is 0.545. The molecule has 7 nitrogen and oxygen atoms in total. The van der Waals surface area contributed by atoms with E-state index in [2.05, 4.69) is 5.43 Å². The van der Waals surface area contributed by atoms with Crippen LogP contribution in [-0.2, 0) is 14.4 Å². The molecule has 1 N–H and O–H groups in total. The molecule has 0 bridgehead atoms. The van der Waals surface area contributed by atoms with E-state index in [-0.39, 0.29) is 28.1 Å². The van der Waals surface area contributed by atoms with E-state index < -0.39 is 11.8 Å². The smallest absolute Gasteiger partial charge is 0.258 e. The molecular weight excluding hydrogens is 400 g/mol. The first kappa shape index (κ1) is 21.4. The SMILES string of the molecule is O=CN(NC(=O)CSC(=O)c1ccccc1)C(=O)CSC(=O)c1ccccc1. The number of amides is 3. The molecule has 2 aromatic carbocycles. The maximum absolute atomic E-state index is 12.0. The van der Waals surface area contributed by atoms with Crippen LogP contribution in [0.5, 0.6) is 0 Å². The van der Waals surface area contributed by atoms with Gasteiger partial charge in [-0.15, -0.1) is 0 Å². The first-order valence-electron chi connectivity index (χ1n) is 8.02. The average Bonchev–Trinajstić information content (AvgIpc) is 2.75. The lowest BCUT2D eigenvalue weighted by molar-refractivity contribution is -0.144. The summed E-state index contributed by atoms with van der Waals surface area (Å²) in [7, 11) is 0. The number of carbonyl (C=O) groups is 5. The predicted molar refractivity (Wildman–Crippen MR) is 108 cm³/mol. The zero-order chi connectivity index (χ0) is 20.4. The van der Waals surface area contributed by atoms with E-state index >= 15 is 0 Å². The minimum absolute atomic E-state index is 0.150. The van der Waals surface area contributed by atoms with Crippen LogP contribution < -0.4 is 5.43 Å². The molecule has 0 aliphatic carbocycles. The van der Waals surface area contributed by atoms with Crippen molar-refractivity contribution in [3.63, 3.8) is 0 Å². The van der Waals surface area contributed by atoms with Crippen LogP contribution in [0.1, 0.15) is 20.7 Å². The molecule has 9 heteroatoms. The third-order valence-electron chi connectivity index (χ3n) is 3.30. The molecule has 0 fully saturated rings. The van der Waals surface area contributed by atoms with Gasteiger partial charge in [0.05, 0.1) is 11.5 Å². The Kier molecular flexibility index (Phi) is 8.44. The van der Waals surface area contributed by atoms with E-state index in [9.17, 15) is 24.0 Å². The van der Waals surface area contributed by atoms with E-state index in [4.69, 9.17) is 0 Å². The van der Waals surface area contributed by atoms with Crippen LogP contribution in [0.4, 0.5) is 0 Å². The Labute approximate surface area is 169 Å². The minimum Gasteiger partial charge on any atom is -0.282 e. The Morgan fingerprint density at radius 1 is 0.786 bits per heavy atom. The fraction of sp³-hybridized carbons (Fsp3) is 0.105. The summed E-state index contributed by atoms with van der Waals surface area (Å²) in [6.45, 7) is 0. The zero-order valence-corrected chi connectivity index (χ0v) is 16.2. The topological polar surface area (TPSA) is 101 Å². The number of rotatable bonds is 7. The van der Waals surface area contributed by atoms with Crippen molar-refractivity contribution >= 4 is 52.0 Å². The van der Waals surface area contributed by atoms with Gasteiger partial charge in [0.15, 0.2) is 0 Å². The molecule has 2 aromatic rings. The largest absolute Gasteiger partial charge is 0.282 e. The van der Waals surface area contributed by atoms with Crippen LogP contribution in [0.15, 0.2) is 60.7 Å². The van der Waals surface area contributed by atoms with Crippen LogP contribution >= 0.6 is 23.5 Å².